The van der Waals surface area contributed by atoms with Gasteiger partial charge in [0.2, 0.25) is 0 Å². The van der Waals surface area contributed by atoms with E-state index in [-0.39, 0.29) is 28.6 Å². The summed E-state index contributed by atoms with van der Waals surface area (Å²) in [7, 11) is 0. The van der Waals surface area contributed by atoms with E-state index >= 15 is 0 Å². The molecule has 0 saturated carbocycles. The molecule has 7 heteroatoms. The molecule has 1 aliphatic rings. The molecule has 1 heterocycles. The van der Waals surface area contributed by atoms with E-state index in [0.717, 1.165) is 11.1 Å². The number of nitrogens with zero attached hydrogens (tertiary/aromatic N) is 1. The van der Waals surface area contributed by atoms with E-state index in [1.807, 2.05) is 32.9 Å². The van der Waals surface area contributed by atoms with Gasteiger partial charge in [0.15, 0.2) is 6.10 Å². The maximum Gasteiger partial charge on any atom is 0.338 e. The molecule has 7 nitrogen and oxygen atoms in total. The van der Waals surface area contributed by atoms with Crippen molar-refractivity contribution in [1.82, 2.24) is 4.90 Å². The van der Waals surface area contributed by atoms with Gasteiger partial charge in [0.1, 0.15) is 0 Å². The number of benzene rings is 2. The summed E-state index contributed by atoms with van der Waals surface area (Å²) in [6, 6.07) is 9.56. The summed E-state index contributed by atoms with van der Waals surface area (Å²) in [6.07, 6.45) is -0.414. The van der Waals surface area contributed by atoms with Crippen LogP contribution in [0.4, 0.5) is 5.69 Å². The first-order chi connectivity index (χ1) is 14.6. The van der Waals surface area contributed by atoms with Crippen molar-refractivity contribution >= 4 is 29.4 Å². The Hall–Kier alpha value is -3.48. The molecule has 0 aliphatic carbocycles. The van der Waals surface area contributed by atoms with Crippen molar-refractivity contribution in [3.8, 4) is 0 Å². The molecule has 3 rings (SSSR count). The molecule has 162 valence electrons. The lowest BCUT2D eigenvalue weighted by molar-refractivity contribution is -0.123. The number of amides is 3. The van der Waals surface area contributed by atoms with Crippen LogP contribution in [0.3, 0.4) is 0 Å². The lowest BCUT2D eigenvalue weighted by atomic mass is 10.1. The first-order valence-electron chi connectivity index (χ1n) is 10.3. The van der Waals surface area contributed by atoms with Crippen molar-refractivity contribution in [3.05, 3.63) is 64.2 Å². The number of hydrogen-bond donors (Lipinski definition) is 1. The van der Waals surface area contributed by atoms with Gasteiger partial charge in [0.05, 0.1) is 16.7 Å². The zero-order chi connectivity index (χ0) is 22.9. The highest BCUT2D eigenvalue weighted by Gasteiger charge is 2.38. The Kier molecular flexibility index (Phi) is 6.24. The molecular formula is C24H26N2O5. The molecule has 0 radical (unpaired) electrons. The van der Waals surface area contributed by atoms with E-state index in [4.69, 9.17) is 4.74 Å². The summed E-state index contributed by atoms with van der Waals surface area (Å²) in [5.74, 6) is -1.99. The number of anilines is 1. The van der Waals surface area contributed by atoms with Gasteiger partial charge in [0.25, 0.3) is 17.7 Å². The number of aryl methyl sites for hydroxylation is 1. The Morgan fingerprint density at radius 2 is 1.71 bits per heavy atom. The van der Waals surface area contributed by atoms with Gasteiger partial charge in [-0.25, -0.2) is 4.79 Å². The summed E-state index contributed by atoms with van der Waals surface area (Å²) in [6.45, 7) is 9.00. The van der Waals surface area contributed by atoms with Crippen molar-refractivity contribution in [2.45, 2.75) is 53.2 Å². The second-order valence-corrected chi connectivity index (χ2v) is 7.78. The summed E-state index contributed by atoms with van der Waals surface area (Å²) in [5.41, 5.74) is 3.17. The van der Waals surface area contributed by atoms with E-state index < -0.39 is 23.9 Å². The Labute approximate surface area is 181 Å². The predicted octanol–water partition coefficient (Wildman–Crippen LogP) is 3.88. The highest BCUT2D eigenvalue weighted by Crippen LogP contribution is 2.27. The van der Waals surface area contributed by atoms with Gasteiger partial charge in [0, 0.05) is 11.7 Å². The number of hydrogen-bond acceptors (Lipinski definition) is 5. The molecule has 0 aromatic heterocycles. The standard InChI is InChI=1S/C24H26N2O5/c1-6-14(3)26-22(28)18-11-10-17(12-19(18)23(26)29)24(30)31-16(5)21(27)25-20-9-7-8-13(2)15(20)4/h7-12,14,16H,6H2,1-5H3,(H,25,27)/t14-,16+/m0/s1. The molecule has 0 unspecified atom stereocenters. The molecule has 0 bridgehead atoms. The monoisotopic (exact) mass is 422 g/mol. The smallest absolute Gasteiger partial charge is 0.338 e. The minimum Gasteiger partial charge on any atom is -0.449 e. The fourth-order valence-corrected chi connectivity index (χ4v) is 3.37. The van der Waals surface area contributed by atoms with Crippen LogP contribution in [0.5, 0.6) is 0 Å². The topological polar surface area (TPSA) is 92.8 Å². The third-order valence-corrected chi connectivity index (χ3v) is 5.70. The molecule has 3 amide bonds. The van der Waals surface area contributed by atoms with Gasteiger partial charge in [-0.05, 0) is 69.5 Å². The lowest BCUT2D eigenvalue weighted by Gasteiger charge is -2.20. The van der Waals surface area contributed by atoms with Crippen LogP contribution in [-0.4, -0.2) is 40.7 Å². The van der Waals surface area contributed by atoms with Crippen LogP contribution in [-0.2, 0) is 9.53 Å². The molecule has 1 N–H and O–H groups in total. The second-order valence-electron chi connectivity index (χ2n) is 7.78. The Morgan fingerprint density at radius 1 is 1.03 bits per heavy atom. The SMILES string of the molecule is CC[C@H](C)N1C(=O)c2ccc(C(=O)O[C@H](C)C(=O)Nc3cccc(C)c3C)cc2C1=O. The number of carbonyl (C=O) groups excluding carboxylic acids is 4. The van der Waals surface area contributed by atoms with Gasteiger partial charge in [-0.15, -0.1) is 0 Å². The van der Waals surface area contributed by atoms with E-state index in [9.17, 15) is 19.2 Å². The van der Waals surface area contributed by atoms with Crippen LogP contribution in [0.2, 0.25) is 0 Å². The molecule has 1 aliphatic heterocycles. The van der Waals surface area contributed by atoms with E-state index in [0.29, 0.717) is 12.1 Å². The minimum absolute atomic E-state index is 0.109. The van der Waals surface area contributed by atoms with Crippen LogP contribution in [0.15, 0.2) is 36.4 Å². The van der Waals surface area contributed by atoms with Crippen molar-refractivity contribution in [3.63, 3.8) is 0 Å². The molecule has 0 fully saturated rings. The number of nitrogens with one attached hydrogen (secondary N) is 1. The van der Waals surface area contributed by atoms with Crippen LogP contribution < -0.4 is 5.32 Å². The second kappa shape index (κ2) is 8.71. The number of fused-ring (bicyclic) bond motifs is 1. The zero-order valence-electron chi connectivity index (χ0n) is 18.3. The fourth-order valence-electron chi connectivity index (χ4n) is 3.37. The summed E-state index contributed by atoms with van der Waals surface area (Å²) < 4.78 is 5.30. The summed E-state index contributed by atoms with van der Waals surface area (Å²) in [5, 5.41) is 2.77. The van der Waals surface area contributed by atoms with E-state index in [2.05, 4.69) is 5.32 Å². The lowest BCUT2D eigenvalue weighted by Crippen LogP contribution is -2.37. The van der Waals surface area contributed by atoms with Crippen molar-refractivity contribution in [1.29, 1.82) is 0 Å². The molecule has 2 atom stereocenters. The predicted molar refractivity (Wildman–Crippen MR) is 116 cm³/mol. The molecule has 0 spiro atoms. The van der Waals surface area contributed by atoms with Gasteiger partial charge >= 0.3 is 5.97 Å². The number of esters is 1. The minimum atomic E-state index is -1.05. The Morgan fingerprint density at radius 3 is 2.39 bits per heavy atom. The average molecular weight is 422 g/mol. The van der Waals surface area contributed by atoms with Gasteiger partial charge < -0.3 is 10.1 Å². The van der Waals surface area contributed by atoms with Crippen molar-refractivity contribution in [2.75, 3.05) is 5.32 Å². The van der Waals surface area contributed by atoms with Crippen molar-refractivity contribution in [2.24, 2.45) is 0 Å². The Balaban J connectivity index is 1.72. The largest absolute Gasteiger partial charge is 0.449 e. The van der Waals surface area contributed by atoms with Gasteiger partial charge in [-0.3, -0.25) is 19.3 Å². The van der Waals surface area contributed by atoms with Gasteiger partial charge in [-0.2, -0.15) is 0 Å². The molecule has 0 saturated heterocycles. The van der Waals surface area contributed by atoms with Crippen LogP contribution >= 0.6 is 0 Å². The molecule has 2 aromatic rings. The Bertz CT molecular complexity index is 1080. The van der Waals surface area contributed by atoms with Crippen LogP contribution in [0, 0.1) is 13.8 Å². The van der Waals surface area contributed by atoms with E-state index in [1.54, 1.807) is 13.0 Å². The highest BCUT2D eigenvalue weighted by molar-refractivity contribution is 6.22. The quantitative estimate of drug-likeness (QED) is 0.563. The third-order valence-electron chi connectivity index (χ3n) is 5.70. The highest BCUT2D eigenvalue weighted by atomic mass is 16.5. The van der Waals surface area contributed by atoms with Crippen LogP contribution in [0.25, 0.3) is 0 Å². The molecule has 31 heavy (non-hydrogen) atoms. The summed E-state index contributed by atoms with van der Waals surface area (Å²) >= 11 is 0. The maximum absolute atomic E-state index is 12.7. The molecule has 2 aromatic carbocycles. The number of imide groups is 1. The third kappa shape index (κ3) is 4.21. The zero-order valence-corrected chi connectivity index (χ0v) is 18.3. The van der Waals surface area contributed by atoms with Crippen molar-refractivity contribution < 1.29 is 23.9 Å². The van der Waals surface area contributed by atoms with Gasteiger partial charge in [-0.1, -0.05) is 19.1 Å². The van der Waals surface area contributed by atoms with E-state index in [1.165, 1.54) is 30.0 Å². The van der Waals surface area contributed by atoms with Crippen LogP contribution in [0.1, 0.15) is 69.4 Å². The maximum atomic E-state index is 12.7. The fraction of sp³-hybridized carbons (Fsp3) is 0.333. The summed E-state index contributed by atoms with van der Waals surface area (Å²) in [4.78, 5) is 51.5. The number of ether oxygens (including phenoxy) is 1. The molecular weight excluding hydrogens is 396 g/mol. The normalized spacial score (nSPS) is 14.8. The first-order valence-corrected chi connectivity index (χ1v) is 10.3. The first kappa shape index (κ1) is 22.2. The number of rotatable bonds is 6. The number of carbonyl (C=O) groups is 4. The average Bonchev–Trinajstić information content (AvgIpc) is 3.00.